The second-order valence-electron chi connectivity index (χ2n) is 8.77. The van der Waals surface area contributed by atoms with Gasteiger partial charge in [0.15, 0.2) is 0 Å². The molecule has 2 amide bonds. The molecule has 0 spiro atoms. The molecule has 1 unspecified atom stereocenters. The van der Waals surface area contributed by atoms with Crippen LogP contribution < -0.4 is 15.5 Å². The molecular formula is C25H15ClF5N5O2. The van der Waals surface area contributed by atoms with E-state index < -0.39 is 46.8 Å². The normalized spacial score (nSPS) is 16.9. The van der Waals surface area contributed by atoms with Crippen LogP contribution in [0, 0.1) is 28.9 Å². The Morgan fingerprint density at radius 2 is 1.87 bits per heavy atom. The molecule has 7 nitrogen and oxygen atoms in total. The van der Waals surface area contributed by atoms with Crippen molar-refractivity contribution < 1.29 is 31.5 Å². The fraction of sp³-hybridized carbons (Fsp3) is 0.200. The standard InChI is InChI=1S/C25H15ClF5N5O2/c26-17-2-1-14(27)6-16(17)21-20-18(33-23(37)12-3-13(25(29,30)31)5-15(28)4-12)7-19(34-22(20)24(38)35-21)36-9-11(8-32)10-36/h1-7,11,21H,9-10H2,(H,35,38)(H,33,34,37). The molecule has 1 fully saturated rings. The smallest absolute Gasteiger partial charge is 0.354 e. The van der Waals surface area contributed by atoms with Crippen LogP contribution in [-0.2, 0) is 6.18 Å². The number of halogens is 6. The first-order chi connectivity index (χ1) is 17.9. The molecule has 2 aromatic carbocycles. The number of rotatable bonds is 4. The number of hydrogen-bond acceptors (Lipinski definition) is 5. The van der Waals surface area contributed by atoms with Crippen LogP contribution in [0.15, 0.2) is 42.5 Å². The highest BCUT2D eigenvalue weighted by Gasteiger charge is 2.38. The molecule has 2 aliphatic rings. The van der Waals surface area contributed by atoms with Gasteiger partial charge in [-0.3, -0.25) is 9.59 Å². The van der Waals surface area contributed by atoms with Gasteiger partial charge >= 0.3 is 6.18 Å². The zero-order chi connectivity index (χ0) is 27.4. The zero-order valence-corrected chi connectivity index (χ0v) is 19.8. The summed E-state index contributed by atoms with van der Waals surface area (Å²) in [7, 11) is 0. The van der Waals surface area contributed by atoms with Gasteiger partial charge in [-0.25, -0.2) is 13.8 Å². The summed E-state index contributed by atoms with van der Waals surface area (Å²) in [5.74, 6) is -3.72. The highest BCUT2D eigenvalue weighted by atomic mass is 35.5. The van der Waals surface area contributed by atoms with Gasteiger partial charge in [0.05, 0.1) is 29.3 Å². The van der Waals surface area contributed by atoms with Crippen molar-refractivity contribution >= 4 is 34.9 Å². The Hall–Kier alpha value is -4.24. The van der Waals surface area contributed by atoms with Crippen LogP contribution >= 0.6 is 11.6 Å². The number of aromatic nitrogens is 1. The molecule has 0 saturated carbocycles. The maximum Gasteiger partial charge on any atom is 0.416 e. The average Bonchev–Trinajstić information content (AvgIpc) is 3.15. The Morgan fingerprint density at radius 3 is 2.55 bits per heavy atom. The van der Waals surface area contributed by atoms with Crippen molar-refractivity contribution in [3.05, 3.63) is 87.1 Å². The van der Waals surface area contributed by atoms with E-state index in [1.807, 2.05) is 0 Å². The van der Waals surface area contributed by atoms with Crippen molar-refractivity contribution in [2.45, 2.75) is 12.2 Å². The SMILES string of the molecule is N#CC1CN(c2cc(NC(=O)c3cc(F)cc(C(F)(F)F)c3)c3c(n2)C(=O)NC3c2cc(F)ccc2Cl)C1. The lowest BCUT2D eigenvalue weighted by atomic mass is 9.97. The third-order valence-corrected chi connectivity index (χ3v) is 6.56. The Bertz CT molecular complexity index is 1530. The van der Waals surface area contributed by atoms with E-state index in [1.165, 1.54) is 12.1 Å². The van der Waals surface area contributed by atoms with E-state index >= 15 is 0 Å². The van der Waals surface area contributed by atoms with Crippen LogP contribution in [0.1, 0.15) is 43.6 Å². The summed E-state index contributed by atoms with van der Waals surface area (Å²) in [6, 6.07) is 7.32. The maximum atomic E-state index is 14.1. The third-order valence-electron chi connectivity index (χ3n) is 6.22. The fourth-order valence-corrected chi connectivity index (χ4v) is 4.57. The second kappa shape index (κ2) is 9.25. The number of nitriles is 1. The number of amides is 2. The number of anilines is 2. The summed E-state index contributed by atoms with van der Waals surface area (Å²) in [4.78, 5) is 32.0. The van der Waals surface area contributed by atoms with Crippen LogP contribution in [-0.4, -0.2) is 29.9 Å². The Labute approximate surface area is 216 Å². The van der Waals surface area contributed by atoms with Crippen LogP contribution in [0.2, 0.25) is 5.02 Å². The number of nitrogens with one attached hydrogen (secondary N) is 2. The molecule has 194 valence electrons. The Morgan fingerprint density at radius 1 is 1.13 bits per heavy atom. The summed E-state index contributed by atoms with van der Waals surface area (Å²) in [5.41, 5.74) is -1.87. The largest absolute Gasteiger partial charge is 0.416 e. The molecule has 0 radical (unpaired) electrons. The topological polar surface area (TPSA) is 98.1 Å². The zero-order valence-electron chi connectivity index (χ0n) is 19.0. The molecule has 5 rings (SSSR count). The summed E-state index contributed by atoms with van der Waals surface area (Å²) in [6.07, 6.45) is -4.90. The van der Waals surface area contributed by atoms with E-state index in [1.54, 1.807) is 4.90 Å². The molecule has 3 heterocycles. The minimum Gasteiger partial charge on any atom is -0.354 e. The molecule has 0 bridgehead atoms. The molecule has 1 aromatic heterocycles. The first kappa shape index (κ1) is 25.4. The molecule has 2 N–H and O–H groups in total. The minimum absolute atomic E-state index is 0.0306. The van der Waals surface area contributed by atoms with Crippen molar-refractivity contribution in [2.75, 3.05) is 23.3 Å². The highest BCUT2D eigenvalue weighted by molar-refractivity contribution is 6.31. The molecule has 2 aliphatic heterocycles. The van der Waals surface area contributed by atoms with E-state index in [4.69, 9.17) is 16.9 Å². The maximum absolute atomic E-state index is 14.1. The number of pyridine rings is 1. The van der Waals surface area contributed by atoms with Gasteiger partial charge in [-0.15, -0.1) is 0 Å². The molecule has 0 aliphatic carbocycles. The van der Waals surface area contributed by atoms with Gasteiger partial charge in [-0.05, 0) is 36.4 Å². The van der Waals surface area contributed by atoms with Gasteiger partial charge in [0.25, 0.3) is 11.8 Å². The van der Waals surface area contributed by atoms with Gasteiger partial charge in [0.1, 0.15) is 23.1 Å². The molecule has 3 aromatic rings. The highest BCUT2D eigenvalue weighted by Crippen LogP contribution is 2.41. The predicted molar refractivity (Wildman–Crippen MR) is 126 cm³/mol. The van der Waals surface area contributed by atoms with E-state index in [-0.39, 0.29) is 45.3 Å². The van der Waals surface area contributed by atoms with Gasteiger partial charge in [-0.2, -0.15) is 18.4 Å². The molecule has 13 heteroatoms. The lowest BCUT2D eigenvalue weighted by Gasteiger charge is -2.36. The molecular weight excluding hydrogens is 533 g/mol. The van der Waals surface area contributed by atoms with Crippen LogP contribution in [0.4, 0.5) is 33.5 Å². The first-order valence-electron chi connectivity index (χ1n) is 11.1. The lowest BCUT2D eigenvalue weighted by Crippen LogP contribution is -2.46. The third kappa shape index (κ3) is 4.61. The number of carbonyl (C=O) groups excluding carboxylic acids is 2. The monoisotopic (exact) mass is 547 g/mol. The van der Waals surface area contributed by atoms with Crippen molar-refractivity contribution in [3.8, 4) is 6.07 Å². The van der Waals surface area contributed by atoms with Crippen LogP contribution in [0.3, 0.4) is 0 Å². The summed E-state index contributed by atoms with van der Waals surface area (Å²) < 4.78 is 67.6. The molecule has 38 heavy (non-hydrogen) atoms. The predicted octanol–water partition coefficient (Wildman–Crippen LogP) is 5.08. The Balaban J connectivity index is 1.60. The molecule has 1 saturated heterocycles. The number of fused-ring (bicyclic) bond motifs is 1. The summed E-state index contributed by atoms with van der Waals surface area (Å²) in [5, 5.41) is 14.3. The second-order valence-corrected chi connectivity index (χ2v) is 9.18. The van der Waals surface area contributed by atoms with Gasteiger partial charge < -0.3 is 15.5 Å². The summed E-state index contributed by atoms with van der Waals surface area (Å²) >= 11 is 6.25. The first-order valence-corrected chi connectivity index (χ1v) is 11.5. The van der Waals surface area contributed by atoms with E-state index in [0.717, 1.165) is 12.1 Å². The number of carbonyl (C=O) groups is 2. The average molecular weight is 548 g/mol. The number of benzene rings is 2. The number of nitrogens with zero attached hydrogens (tertiary/aromatic N) is 3. The minimum atomic E-state index is -4.90. The van der Waals surface area contributed by atoms with Crippen LogP contribution in [0.5, 0.6) is 0 Å². The van der Waals surface area contributed by atoms with Crippen molar-refractivity contribution in [1.82, 2.24) is 10.3 Å². The van der Waals surface area contributed by atoms with Gasteiger partial charge in [0, 0.05) is 40.9 Å². The quantitative estimate of drug-likeness (QED) is 0.444. The summed E-state index contributed by atoms with van der Waals surface area (Å²) in [6.45, 7) is 0.602. The Kier molecular flexibility index (Phi) is 6.19. The fourth-order valence-electron chi connectivity index (χ4n) is 4.34. The van der Waals surface area contributed by atoms with E-state index in [9.17, 15) is 31.5 Å². The number of alkyl halides is 3. The van der Waals surface area contributed by atoms with E-state index in [2.05, 4.69) is 21.7 Å². The van der Waals surface area contributed by atoms with Crippen molar-refractivity contribution in [2.24, 2.45) is 5.92 Å². The number of hydrogen-bond donors (Lipinski definition) is 2. The lowest BCUT2D eigenvalue weighted by molar-refractivity contribution is -0.137. The van der Waals surface area contributed by atoms with Gasteiger partial charge in [0.2, 0.25) is 0 Å². The van der Waals surface area contributed by atoms with Gasteiger partial charge in [-0.1, -0.05) is 11.6 Å². The van der Waals surface area contributed by atoms with E-state index in [0.29, 0.717) is 25.2 Å². The van der Waals surface area contributed by atoms with Crippen molar-refractivity contribution in [1.29, 1.82) is 5.26 Å². The van der Waals surface area contributed by atoms with Crippen molar-refractivity contribution in [3.63, 3.8) is 0 Å². The molecule has 1 atom stereocenters. The van der Waals surface area contributed by atoms with Crippen LogP contribution in [0.25, 0.3) is 0 Å².